The second-order valence-electron chi connectivity index (χ2n) is 9.40. The summed E-state index contributed by atoms with van der Waals surface area (Å²) in [5.41, 5.74) is 1.66. The average Bonchev–Trinajstić information content (AvgIpc) is 3.51. The normalized spacial score (nSPS) is 22.0. The molecular formula is C25H30N2O4. The van der Waals surface area contributed by atoms with Crippen molar-refractivity contribution in [1.82, 2.24) is 10.2 Å². The molecule has 1 aliphatic carbocycles. The summed E-state index contributed by atoms with van der Waals surface area (Å²) in [5.74, 6) is 2.20. The maximum atomic E-state index is 12.8. The van der Waals surface area contributed by atoms with Gasteiger partial charge in [-0.25, -0.2) is 0 Å². The molecule has 1 atom stereocenters. The molecule has 2 amide bonds. The van der Waals surface area contributed by atoms with Gasteiger partial charge in [0.15, 0.2) is 5.76 Å². The number of likely N-dealkylation sites (tertiary alicyclic amines) is 1. The van der Waals surface area contributed by atoms with E-state index in [1.807, 2.05) is 36.1 Å². The van der Waals surface area contributed by atoms with Crippen LogP contribution in [0.4, 0.5) is 0 Å². The predicted molar refractivity (Wildman–Crippen MR) is 116 cm³/mol. The molecule has 5 rings (SSSR count). The van der Waals surface area contributed by atoms with Crippen LogP contribution < -0.4 is 10.1 Å². The van der Waals surface area contributed by atoms with Gasteiger partial charge in [0.05, 0.1) is 6.26 Å². The molecule has 1 aromatic carbocycles. The van der Waals surface area contributed by atoms with Crippen LogP contribution in [0.2, 0.25) is 0 Å². The Morgan fingerprint density at radius 1 is 1.16 bits per heavy atom. The number of hydrogen-bond donors (Lipinski definition) is 1. The Hall–Kier alpha value is -2.76. The van der Waals surface area contributed by atoms with E-state index in [4.69, 9.17) is 9.15 Å². The fraction of sp³-hybridized carbons (Fsp3) is 0.520. The lowest BCUT2D eigenvalue weighted by molar-refractivity contribution is -0.122. The molecule has 1 spiro atoms. The van der Waals surface area contributed by atoms with Gasteiger partial charge in [0.2, 0.25) is 5.91 Å². The fourth-order valence-electron chi connectivity index (χ4n) is 4.96. The standard InChI is InChI=1S/C25H30N2O4/c1-17-8-13-30-23(17)24(29)27-11-9-25(10-12-27)15-19(14-22(28)26-16-18-6-7-18)20-4-2-3-5-21(20)31-25/h2-5,8,13,18-19H,6-7,9-12,14-16H2,1H3,(H,26,28). The summed E-state index contributed by atoms with van der Waals surface area (Å²) >= 11 is 0. The lowest BCUT2D eigenvalue weighted by atomic mass is 9.76. The van der Waals surface area contributed by atoms with Crippen molar-refractivity contribution >= 4 is 11.8 Å². The topological polar surface area (TPSA) is 71.8 Å². The Morgan fingerprint density at radius 2 is 1.94 bits per heavy atom. The molecule has 31 heavy (non-hydrogen) atoms. The number of carbonyl (C=O) groups is 2. The highest BCUT2D eigenvalue weighted by molar-refractivity contribution is 5.92. The molecule has 3 aliphatic rings. The van der Waals surface area contributed by atoms with E-state index in [1.165, 1.54) is 12.8 Å². The minimum absolute atomic E-state index is 0.0513. The first kappa shape index (κ1) is 20.2. The van der Waals surface area contributed by atoms with Gasteiger partial charge in [-0.05, 0) is 49.8 Å². The highest BCUT2D eigenvalue weighted by atomic mass is 16.5. The van der Waals surface area contributed by atoms with Crippen molar-refractivity contribution in [3.8, 4) is 5.75 Å². The van der Waals surface area contributed by atoms with Crippen LogP contribution >= 0.6 is 0 Å². The summed E-state index contributed by atoms with van der Waals surface area (Å²) in [4.78, 5) is 27.3. The maximum absolute atomic E-state index is 12.8. The minimum atomic E-state index is -0.329. The van der Waals surface area contributed by atoms with Crippen LogP contribution in [0.5, 0.6) is 5.75 Å². The highest BCUT2D eigenvalue weighted by Crippen LogP contribution is 2.46. The number of para-hydroxylation sites is 1. The van der Waals surface area contributed by atoms with E-state index in [2.05, 4.69) is 11.4 Å². The van der Waals surface area contributed by atoms with Crippen LogP contribution in [0.3, 0.4) is 0 Å². The van der Waals surface area contributed by atoms with E-state index in [0.717, 1.165) is 42.7 Å². The molecule has 2 aromatic rings. The van der Waals surface area contributed by atoms with Crippen molar-refractivity contribution in [1.29, 1.82) is 0 Å². The van der Waals surface area contributed by atoms with Crippen LogP contribution in [-0.2, 0) is 4.79 Å². The maximum Gasteiger partial charge on any atom is 0.289 e. The number of fused-ring (bicyclic) bond motifs is 1. The first-order valence-electron chi connectivity index (χ1n) is 11.4. The van der Waals surface area contributed by atoms with Crippen molar-refractivity contribution in [2.24, 2.45) is 5.92 Å². The molecule has 1 N–H and O–H groups in total. The third-order valence-electron chi connectivity index (χ3n) is 7.04. The molecule has 164 valence electrons. The predicted octanol–water partition coefficient (Wildman–Crippen LogP) is 4.05. The van der Waals surface area contributed by atoms with Gasteiger partial charge in [-0.2, -0.15) is 0 Å². The summed E-state index contributed by atoms with van der Waals surface area (Å²) in [6, 6.07) is 9.91. The largest absolute Gasteiger partial charge is 0.487 e. The molecular weight excluding hydrogens is 392 g/mol. The summed E-state index contributed by atoms with van der Waals surface area (Å²) in [7, 11) is 0. The molecule has 1 saturated heterocycles. The number of amides is 2. The smallest absolute Gasteiger partial charge is 0.289 e. The second-order valence-corrected chi connectivity index (χ2v) is 9.40. The van der Waals surface area contributed by atoms with Crippen LogP contribution in [-0.4, -0.2) is 41.9 Å². The second kappa shape index (κ2) is 8.06. The number of carbonyl (C=O) groups excluding carboxylic acids is 2. The van der Waals surface area contributed by atoms with E-state index in [9.17, 15) is 9.59 Å². The number of rotatable bonds is 5. The van der Waals surface area contributed by atoms with Gasteiger partial charge in [-0.1, -0.05) is 18.2 Å². The molecule has 0 bridgehead atoms. The summed E-state index contributed by atoms with van der Waals surface area (Å²) in [6.07, 6.45) is 6.84. The number of furan rings is 1. The number of piperidine rings is 1. The number of hydrogen-bond acceptors (Lipinski definition) is 4. The molecule has 3 heterocycles. The Kier molecular flexibility index (Phi) is 5.24. The summed E-state index contributed by atoms with van der Waals surface area (Å²) in [6.45, 7) is 3.95. The number of benzene rings is 1. The van der Waals surface area contributed by atoms with E-state index < -0.39 is 0 Å². The quantitative estimate of drug-likeness (QED) is 0.789. The van der Waals surface area contributed by atoms with Crippen molar-refractivity contribution < 1.29 is 18.7 Å². The third-order valence-corrected chi connectivity index (χ3v) is 7.04. The van der Waals surface area contributed by atoms with Gasteiger partial charge >= 0.3 is 0 Å². The van der Waals surface area contributed by atoms with Crippen LogP contribution in [0.1, 0.15) is 66.1 Å². The molecule has 1 saturated carbocycles. The minimum Gasteiger partial charge on any atom is -0.487 e. The summed E-state index contributed by atoms with van der Waals surface area (Å²) in [5, 5.41) is 3.11. The molecule has 0 radical (unpaired) electrons. The lowest BCUT2D eigenvalue weighted by Gasteiger charge is -2.46. The zero-order valence-electron chi connectivity index (χ0n) is 18.1. The van der Waals surface area contributed by atoms with Crippen LogP contribution in [0.25, 0.3) is 0 Å². The third kappa shape index (κ3) is 4.21. The van der Waals surface area contributed by atoms with E-state index in [1.54, 1.807) is 6.26 Å². The summed E-state index contributed by atoms with van der Waals surface area (Å²) < 4.78 is 11.9. The zero-order chi connectivity index (χ0) is 21.4. The van der Waals surface area contributed by atoms with Crippen molar-refractivity contribution in [2.45, 2.75) is 57.0 Å². The fourth-order valence-corrected chi connectivity index (χ4v) is 4.96. The van der Waals surface area contributed by atoms with Gasteiger partial charge in [0, 0.05) is 50.4 Å². The molecule has 6 nitrogen and oxygen atoms in total. The lowest BCUT2D eigenvalue weighted by Crippen LogP contribution is -2.52. The van der Waals surface area contributed by atoms with Crippen molar-refractivity contribution in [3.05, 3.63) is 53.5 Å². The Labute approximate surface area is 182 Å². The Bertz CT molecular complexity index is 969. The molecule has 6 heteroatoms. The number of nitrogens with one attached hydrogen (secondary N) is 1. The van der Waals surface area contributed by atoms with Gasteiger partial charge in [-0.3, -0.25) is 9.59 Å². The number of aryl methyl sites for hydroxylation is 1. The van der Waals surface area contributed by atoms with E-state index in [0.29, 0.717) is 31.2 Å². The van der Waals surface area contributed by atoms with Gasteiger partial charge in [0.1, 0.15) is 11.4 Å². The SMILES string of the molecule is Cc1ccoc1C(=O)N1CCC2(CC1)CC(CC(=O)NCC1CC1)c1ccccc1O2. The first-order chi connectivity index (χ1) is 15.0. The Balaban J connectivity index is 1.28. The van der Waals surface area contributed by atoms with Gasteiger partial charge in [0.25, 0.3) is 5.91 Å². The van der Waals surface area contributed by atoms with Crippen molar-refractivity contribution in [3.63, 3.8) is 0 Å². The van der Waals surface area contributed by atoms with Crippen LogP contribution in [0.15, 0.2) is 41.0 Å². The van der Waals surface area contributed by atoms with Crippen molar-refractivity contribution in [2.75, 3.05) is 19.6 Å². The number of nitrogens with zero attached hydrogens (tertiary/aromatic N) is 1. The molecule has 2 aliphatic heterocycles. The van der Waals surface area contributed by atoms with E-state index in [-0.39, 0.29) is 23.3 Å². The first-order valence-corrected chi connectivity index (χ1v) is 11.4. The number of ether oxygens (including phenoxy) is 1. The Morgan fingerprint density at radius 3 is 2.65 bits per heavy atom. The molecule has 1 aromatic heterocycles. The highest BCUT2D eigenvalue weighted by Gasteiger charge is 2.44. The zero-order valence-corrected chi connectivity index (χ0v) is 18.1. The van der Waals surface area contributed by atoms with Gasteiger partial charge in [-0.15, -0.1) is 0 Å². The molecule has 1 unspecified atom stereocenters. The average molecular weight is 423 g/mol. The molecule has 2 fully saturated rings. The monoisotopic (exact) mass is 422 g/mol. The van der Waals surface area contributed by atoms with Gasteiger partial charge < -0.3 is 19.4 Å². The van der Waals surface area contributed by atoms with Crippen LogP contribution in [0, 0.1) is 12.8 Å². The van der Waals surface area contributed by atoms with E-state index >= 15 is 0 Å².